The van der Waals surface area contributed by atoms with Gasteiger partial charge in [0.25, 0.3) is 0 Å². The number of benzene rings is 1. The van der Waals surface area contributed by atoms with Crippen LogP contribution in [0.25, 0.3) is 22.8 Å². The Hall–Kier alpha value is -2.62. The van der Waals surface area contributed by atoms with E-state index in [1.54, 1.807) is 18.5 Å². The maximum atomic E-state index is 4.31. The molecular weight excluding hydrogens is 236 g/mol. The molecule has 0 radical (unpaired) electrons. The Balaban J connectivity index is 1.93. The van der Waals surface area contributed by atoms with Gasteiger partial charge in [-0.3, -0.25) is 0 Å². The molecule has 4 heteroatoms. The molecule has 1 aromatic carbocycles. The van der Waals surface area contributed by atoms with Crippen molar-refractivity contribution in [2.75, 3.05) is 0 Å². The largest absolute Gasteiger partial charge is 0.237 e. The lowest BCUT2D eigenvalue weighted by molar-refractivity contribution is 1.14. The fraction of sp³-hybridized carbons (Fsp3) is 0.0667. The first-order valence-electron chi connectivity index (χ1n) is 5.99. The average molecular weight is 248 g/mol. The highest BCUT2D eigenvalue weighted by Gasteiger charge is 2.03. The van der Waals surface area contributed by atoms with Crippen LogP contribution in [-0.2, 0) is 0 Å². The van der Waals surface area contributed by atoms with Crippen molar-refractivity contribution in [2.45, 2.75) is 6.92 Å². The van der Waals surface area contributed by atoms with Gasteiger partial charge in [0.1, 0.15) is 0 Å². The van der Waals surface area contributed by atoms with Crippen molar-refractivity contribution >= 4 is 0 Å². The minimum Gasteiger partial charge on any atom is -0.237 e. The molecule has 4 nitrogen and oxygen atoms in total. The van der Waals surface area contributed by atoms with E-state index in [1.807, 2.05) is 43.6 Å². The second-order valence-electron chi connectivity index (χ2n) is 4.23. The van der Waals surface area contributed by atoms with E-state index in [9.17, 15) is 0 Å². The van der Waals surface area contributed by atoms with Crippen LogP contribution in [0, 0.1) is 6.92 Å². The van der Waals surface area contributed by atoms with Gasteiger partial charge in [0.15, 0.2) is 11.6 Å². The van der Waals surface area contributed by atoms with Crippen LogP contribution < -0.4 is 0 Å². The lowest BCUT2D eigenvalue weighted by Gasteiger charge is -2.02. The first-order valence-corrected chi connectivity index (χ1v) is 5.99. The lowest BCUT2D eigenvalue weighted by Crippen LogP contribution is -1.90. The van der Waals surface area contributed by atoms with Crippen molar-refractivity contribution in [1.29, 1.82) is 0 Å². The SMILES string of the molecule is Cc1cnc(-c2ccc(-c3ncccn3)cc2)nc1. The summed E-state index contributed by atoms with van der Waals surface area (Å²) in [7, 11) is 0. The van der Waals surface area contributed by atoms with Gasteiger partial charge in [-0.05, 0) is 18.6 Å². The molecule has 2 aromatic heterocycles. The van der Waals surface area contributed by atoms with Crippen LogP contribution in [-0.4, -0.2) is 19.9 Å². The van der Waals surface area contributed by atoms with Crippen LogP contribution in [0.15, 0.2) is 55.1 Å². The van der Waals surface area contributed by atoms with E-state index in [0.29, 0.717) is 0 Å². The summed E-state index contributed by atoms with van der Waals surface area (Å²) in [4.78, 5) is 17.1. The van der Waals surface area contributed by atoms with E-state index in [4.69, 9.17) is 0 Å². The zero-order valence-electron chi connectivity index (χ0n) is 10.5. The molecule has 2 heterocycles. The van der Waals surface area contributed by atoms with Crippen molar-refractivity contribution < 1.29 is 0 Å². The van der Waals surface area contributed by atoms with Crippen LogP contribution >= 0.6 is 0 Å². The fourth-order valence-corrected chi connectivity index (χ4v) is 1.76. The molecule has 3 rings (SSSR count). The summed E-state index contributed by atoms with van der Waals surface area (Å²) < 4.78 is 0. The summed E-state index contributed by atoms with van der Waals surface area (Å²) in [5, 5.41) is 0. The van der Waals surface area contributed by atoms with Crippen LogP contribution in [0.5, 0.6) is 0 Å². The summed E-state index contributed by atoms with van der Waals surface area (Å²) in [5.74, 6) is 1.45. The zero-order valence-corrected chi connectivity index (χ0v) is 10.5. The lowest BCUT2D eigenvalue weighted by atomic mass is 10.1. The van der Waals surface area contributed by atoms with Crippen molar-refractivity contribution in [3.63, 3.8) is 0 Å². The van der Waals surface area contributed by atoms with Gasteiger partial charge in [-0.25, -0.2) is 19.9 Å². The maximum absolute atomic E-state index is 4.31. The minimum absolute atomic E-state index is 0.721. The number of nitrogens with zero attached hydrogens (tertiary/aromatic N) is 4. The molecule has 0 spiro atoms. The monoisotopic (exact) mass is 248 g/mol. The number of rotatable bonds is 2. The third-order valence-corrected chi connectivity index (χ3v) is 2.75. The zero-order chi connectivity index (χ0) is 13.1. The molecular formula is C15H12N4. The van der Waals surface area contributed by atoms with Crippen LogP contribution in [0.2, 0.25) is 0 Å². The number of aromatic nitrogens is 4. The molecule has 0 fully saturated rings. The van der Waals surface area contributed by atoms with E-state index in [0.717, 1.165) is 28.3 Å². The summed E-state index contributed by atoms with van der Waals surface area (Å²) in [6, 6.07) is 9.73. The molecule has 0 bridgehead atoms. The summed E-state index contributed by atoms with van der Waals surface area (Å²) in [5.41, 5.74) is 3.02. The maximum Gasteiger partial charge on any atom is 0.159 e. The third-order valence-electron chi connectivity index (χ3n) is 2.75. The van der Waals surface area contributed by atoms with Crippen LogP contribution in [0.3, 0.4) is 0 Å². The normalized spacial score (nSPS) is 10.4. The fourth-order valence-electron chi connectivity index (χ4n) is 1.76. The Morgan fingerprint density at radius 3 is 1.68 bits per heavy atom. The Morgan fingerprint density at radius 2 is 1.16 bits per heavy atom. The Labute approximate surface area is 111 Å². The predicted octanol–water partition coefficient (Wildman–Crippen LogP) is 2.91. The van der Waals surface area contributed by atoms with Gasteiger partial charge in [-0.15, -0.1) is 0 Å². The van der Waals surface area contributed by atoms with Crippen molar-refractivity contribution in [1.82, 2.24) is 19.9 Å². The Morgan fingerprint density at radius 1 is 0.684 bits per heavy atom. The van der Waals surface area contributed by atoms with E-state index in [-0.39, 0.29) is 0 Å². The number of aryl methyl sites for hydroxylation is 1. The topological polar surface area (TPSA) is 51.6 Å². The van der Waals surface area contributed by atoms with Crippen molar-refractivity contribution in [2.24, 2.45) is 0 Å². The van der Waals surface area contributed by atoms with Gasteiger partial charge in [-0.2, -0.15) is 0 Å². The quantitative estimate of drug-likeness (QED) is 0.699. The summed E-state index contributed by atoms with van der Waals surface area (Å²) in [6.45, 7) is 1.97. The van der Waals surface area contributed by atoms with Gasteiger partial charge in [-0.1, -0.05) is 24.3 Å². The highest BCUT2D eigenvalue weighted by molar-refractivity contribution is 5.62. The van der Waals surface area contributed by atoms with Gasteiger partial charge in [0.2, 0.25) is 0 Å². The first-order chi connectivity index (χ1) is 9.33. The second kappa shape index (κ2) is 4.94. The minimum atomic E-state index is 0.721. The Kier molecular flexibility index (Phi) is 2.98. The average Bonchev–Trinajstić information content (AvgIpc) is 2.49. The molecule has 0 aliphatic heterocycles. The summed E-state index contributed by atoms with van der Waals surface area (Å²) >= 11 is 0. The molecule has 3 aromatic rings. The standard InChI is InChI=1S/C15H12N4/c1-11-9-18-15(19-10-11)13-5-3-12(4-6-13)14-16-7-2-8-17-14/h2-10H,1H3. The molecule has 0 aliphatic rings. The number of hydrogen-bond acceptors (Lipinski definition) is 4. The highest BCUT2D eigenvalue weighted by atomic mass is 14.9. The molecule has 92 valence electrons. The van der Waals surface area contributed by atoms with E-state index in [2.05, 4.69) is 19.9 Å². The van der Waals surface area contributed by atoms with Crippen molar-refractivity contribution in [3.8, 4) is 22.8 Å². The molecule has 0 saturated heterocycles. The van der Waals surface area contributed by atoms with Gasteiger partial charge < -0.3 is 0 Å². The first kappa shape index (κ1) is 11.5. The smallest absolute Gasteiger partial charge is 0.159 e. The highest BCUT2D eigenvalue weighted by Crippen LogP contribution is 2.19. The van der Waals surface area contributed by atoms with Gasteiger partial charge >= 0.3 is 0 Å². The van der Waals surface area contributed by atoms with E-state index in [1.165, 1.54) is 0 Å². The second-order valence-corrected chi connectivity index (χ2v) is 4.23. The molecule has 0 amide bonds. The number of hydrogen-bond donors (Lipinski definition) is 0. The Bertz CT molecular complexity index is 661. The summed E-state index contributed by atoms with van der Waals surface area (Å²) in [6.07, 6.45) is 7.10. The molecule has 19 heavy (non-hydrogen) atoms. The van der Waals surface area contributed by atoms with Crippen molar-refractivity contribution in [3.05, 3.63) is 60.7 Å². The molecule has 0 saturated carbocycles. The van der Waals surface area contributed by atoms with E-state index >= 15 is 0 Å². The molecule has 0 atom stereocenters. The molecule has 0 unspecified atom stereocenters. The molecule has 0 aliphatic carbocycles. The van der Waals surface area contributed by atoms with Gasteiger partial charge in [0.05, 0.1) is 0 Å². The third kappa shape index (κ3) is 2.47. The van der Waals surface area contributed by atoms with Gasteiger partial charge in [0, 0.05) is 35.9 Å². The van der Waals surface area contributed by atoms with Crippen LogP contribution in [0.1, 0.15) is 5.56 Å². The predicted molar refractivity (Wildman–Crippen MR) is 73.2 cm³/mol. The van der Waals surface area contributed by atoms with E-state index < -0.39 is 0 Å². The van der Waals surface area contributed by atoms with Crippen LogP contribution in [0.4, 0.5) is 0 Å². The molecule has 0 N–H and O–H groups in total.